The minimum Gasteiger partial charge on any atom is -0.507 e. The smallest absolute Gasteiger partial charge is 0.339 e. The second-order valence-electron chi connectivity index (χ2n) is 4.10. The number of benzene rings is 1. The first-order valence-electron chi connectivity index (χ1n) is 5.52. The van der Waals surface area contributed by atoms with E-state index in [9.17, 15) is 14.7 Å². The Morgan fingerprint density at radius 3 is 2.67 bits per heavy atom. The van der Waals surface area contributed by atoms with Crippen molar-refractivity contribution in [1.29, 1.82) is 0 Å². The van der Waals surface area contributed by atoms with E-state index in [0.717, 1.165) is 0 Å². The molecule has 0 heterocycles. The van der Waals surface area contributed by atoms with Crippen LogP contribution in [0.4, 0.5) is 5.69 Å². The molecule has 5 N–H and O–H groups in total. The molecule has 18 heavy (non-hydrogen) atoms. The molecule has 1 amide bonds. The fraction of sp³-hybridized carbons (Fsp3) is 0.333. The van der Waals surface area contributed by atoms with Gasteiger partial charge in [0.25, 0.3) is 0 Å². The summed E-state index contributed by atoms with van der Waals surface area (Å²) in [7, 11) is 0. The lowest BCUT2D eigenvalue weighted by atomic mass is 10.1. The first-order valence-corrected chi connectivity index (χ1v) is 5.52. The minimum absolute atomic E-state index is 0.0647. The molecule has 0 saturated carbocycles. The van der Waals surface area contributed by atoms with E-state index in [4.69, 9.17) is 10.8 Å². The van der Waals surface area contributed by atoms with E-state index in [2.05, 4.69) is 5.32 Å². The van der Waals surface area contributed by atoms with Crippen LogP contribution in [-0.2, 0) is 4.79 Å². The number of nitrogens with one attached hydrogen (secondary N) is 1. The monoisotopic (exact) mass is 252 g/mol. The summed E-state index contributed by atoms with van der Waals surface area (Å²) in [6, 6.07) is 3.81. The van der Waals surface area contributed by atoms with Crippen LogP contribution < -0.4 is 11.1 Å². The Morgan fingerprint density at radius 1 is 1.44 bits per heavy atom. The van der Waals surface area contributed by atoms with Crippen molar-refractivity contribution in [3.8, 4) is 5.75 Å². The molecule has 1 rings (SSSR count). The van der Waals surface area contributed by atoms with E-state index < -0.39 is 5.97 Å². The van der Waals surface area contributed by atoms with Gasteiger partial charge < -0.3 is 21.3 Å². The lowest BCUT2D eigenvalue weighted by Crippen LogP contribution is -2.19. The van der Waals surface area contributed by atoms with Crippen LogP contribution in [-0.4, -0.2) is 28.1 Å². The van der Waals surface area contributed by atoms with Gasteiger partial charge in [-0.15, -0.1) is 0 Å². The molecule has 6 heteroatoms. The molecule has 0 radical (unpaired) electrons. The number of amides is 1. The molecule has 0 aliphatic carbocycles. The summed E-state index contributed by atoms with van der Waals surface area (Å²) in [5.41, 5.74) is 5.61. The van der Waals surface area contributed by atoms with Crippen molar-refractivity contribution in [2.24, 2.45) is 5.73 Å². The van der Waals surface area contributed by atoms with Crippen LogP contribution >= 0.6 is 0 Å². The molecule has 0 bridgehead atoms. The van der Waals surface area contributed by atoms with Crippen molar-refractivity contribution in [1.82, 2.24) is 0 Å². The van der Waals surface area contributed by atoms with E-state index in [1.807, 2.05) is 0 Å². The Morgan fingerprint density at radius 2 is 2.11 bits per heavy atom. The Balaban J connectivity index is 2.70. The largest absolute Gasteiger partial charge is 0.507 e. The number of carboxylic acid groups (broad SMARTS) is 1. The van der Waals surface area contributed by atoms with Gasteiger partial charge in [-0.2, -0.15) is 0 Å². The molecule has 6 nitrogen and oxygen atoms in total. The van der Waals surface area contributed by atoms with Crippen molar-refractivity contribution >= 4 is 17.6 Å². The fourth-order valence-corrected chi connectivity index (χ4v) is 1.37. The van der Waals surface area contributed by atoms with Gasteiger partial charge in [-0.1, -0.05) is 0 Å². The standard InChI is InChI=1S/C12H16N2O4/c1-7(13)2-5-11(16)14-8-3-4-10(15)9(6-8)12(17)18/h3-4,6-7,15H,2,5,13H2,1H3,(H,14,16)(H,17,18). The zero-order valence-corrected chi connectivity index (χ0v) is 10.0. The van der Waals surface area contributed by atoms with Crippen molar-refractivity contribution in [3.05, 3.63) is 23.8 Å². The van der Waals surface area contributed by atoms with Gasteiger partial charge in [0.2, 0.25) is 5.91 Å². The number of aromatic carboxylic acids is 1. The quantitative estimate of drug-likeness (QED) is 0.587. The van der Waals surface area contributed by atoms with Crippen LogP contribution in [0.15, 0.2) is 18.2 Å². The van der Waals surface area contributed by atoms with Crippen LogP contribution in [0, 0.1) is 0 Å². The average molecular weight is 252 g/mol. The molecule has 0 aliphatic heterocycles. The summed E-state index contributed by atoms with van der Waals surface area (Å²) in [6.45, 7) is 1.80. The highest BCUT2D eigenvalue weighted by atomic mass is 16.4. The fourth-order valence-electron chi connectivity index (χ4n) is 1.37. The summed E-state index contributed by atoms with van der Waals surface area (Å²) in [4.78, 5) is 22.3. The highest BCUT2D eigenvalue weighted by Gasteiger charge is 2.11. The van der Waals surface area contributed by atoms with Crippen LogP contribution in [0.25, 0.3) is 0 Å². The summed E-state index contributed by atoms with van der Waals surface area (Å²) in [5, 5.41) is 20.7. The lowest BCUT2D eigenvalue weighted by Gasteiger charge is -2.08. The first kappa shape index (κ1) is 14.0. The number of carbonyl (C=O) groups is 2. The molecule has 0 aromatic heterocycles. The molecule has 1 aromatic rings. The Kier molecular flexibility index (Phi) is 4.67. The Labute approximate surface area is 104 Å². The molecular formula is C12H16N2O4. The first-order chi connectivity index (χ1) is 8.40. The number of hydrogen-bond donors (Lipinski definition) is 4. The van der Waals surface area contributed by atoms with Gasteiger partial charge in [-0.3, -0.25) is 4.79 Å². The number of anilines is 1. The molecule has 98 valence electrons. The third-order valence-corrected chi connectivity index (χ3v) is 2.34. The molecule has 0 spiro atoms. The third-order valence-electron chi connectivity index (χ3n) is 2.34. The van der Waals surface area contributed by atoms with Gasteiger partial charge in [0.1, 0.15) is 11.3 Å². The van der Waals surface area contributed by atoms with Crippen molar-refractivity contribution < 1.29 is 19.8 Å². The highest BCUT2D eigenvalue weighted by Crippen LogP contribution is 2.21. The maximum absolute atomic E-state index is 11.5. The number of carbonyl (C=O) groups excluding carboxylic acids is 1. The number of nitrogens with two attached hydrogens (primary N) is 1. The topological polar surface area (TPSA) is 113 Å². The van der Waals surface area contributed by atoms with Crippen LogP contribution in [0.3, 0.4) is 0 Å². The zero-order chi connectivity index (χ0) is 13.7. The molecular weight excluding hydrogens is 236 g/mol. The van der Waals surface area contributed by atoms with Crippen molar-refractivity contribution in [3.63, 3.8) is 0 Å². The van der Waals surface area contributed by atoms with Gasteiger partial charge in [0.15, 0.2) is 0 Å². The molecule has 1 aromatic carbocycles. The van der Waals surface area contributed by atoms with Crippen molar-refractivity contribution in [2.45, 2.75) is 25.8 Å². The predicted molar refractivity (Wildman–Crippen MR) is 66.6 cm³/mol. The number of carboxylic acids is 1. The second-order valence-corrected chi connectivity index (χ2v) is 4.10. The summed E-state index contributed by atoms with van der Waals surface area (Å²) in [6.07, 6.45) is 0.816. The predicted octanol–water partition coefficient (Wildman–Crippen LogP) is 1.16. The van der Waals surface area contributed by atoms with Gasteiger partial charge in [-0.25, -0.2) is 4.79 Å². The third kappa shape index (κ3) is 4.06. The van der Waals surface area contributed by atoms with E-state index >= 15 is 0 Å². The summed E-state index contributed by atoms with van der Waals surface area (Å²) >= 11 is 0. The second kappa shape index (κ2) is 6.02. The van der Waals surface area contributed by atoms with Gasteiger partial charge >= 0.3 is 5.97 Å². The highest BCUT2D eigenvalue weighted by molar-refractivity contribution is 5.95. The number of hydrogen-bond acceptors (Lipinski definition) is 4. The average Bonchev–Trinajstić information content (AvgIpc) is 2.28. The van der Waals surface area contributed by atoms with Gasteiger partial charge in [0.05, 0.1) is 0 Å². The van der Waals surface area contributed by atoms with Crippen LogP contribution in [0.1, 0.15) is 30.1 Å². The van der Waals surface area contributed by atoms with E-state index in [1.54, 1.807) is 6.92 Å². The van der Waals surface area contributed by atoms with Crippen LogP contribution in [0.2, 0.25) is 0 Å². The molecule has 0 fully saturated rings. The van der Waals surface area contributed by atoms with Crippen LogP contribution in [0.5, 0.6) is 5.75 Å². The normalized spacial score (nSPS) is 11.9. The maximum atomic E-state index is 11.5. The molecule has 0 aliphatic rings. The zero-order valence-electron chi connectivity index (χ0n) is 10.0. The van der Waals surface area contributed by atoms with Gasteiger partial charge in [-0.05, 0) is 31.5 Å². The molecule has 1 atom stereocenters. The summed E-state index contributed by atoms with van der Waals surface area (Å²) in [5.74, 6) is -1.83. The lowest BCUT2D eigenvalue weighted by molar-refractivity contribution is -0.116. The van der Waals surface area contributed by atoms with E-state index in [1.165, 1.54) is 18.2 Å². The van der Waals surface area contributed by atoms with E-state index in [0.29, 0.717) is 12.1 Å². The number of rotatable bonds is 5. The summed E-state index contributed by atoms with van der Waals surface area (Å²) < 4.78 is 0. The number of aromatic hydroxyl groups is 1. The van der Waals surface area contributed by atoms with Gasteiger partial charge in [0, 0.05) is 18.2 Å². The Hall–Kier alpha value is -2.08. The van der Waals surface area contributed by atoms with E-state index in [-0.39, 0.29) is 29.7 Å². The maximum Gasteiger partial charge on any atom is 0.339 e. The Bertz CT molecular complexity index is 457. The minimum atomic E-state index is -1.25. The molecule has 0 saturated heterocycles. The van der Waals surface area contributed by atoms with Crippen molar-refractivity contribution in [2.75, 3.05) is 5.32 Å². The number of phenols is 1. The SMILES string of the molecule is CC(N)CCC(=O)Nc1ccc(O)c(C(=O)O)c1. The molecule has 1 unspecified atom stereocenters.